The number of imidazole rings is 1. The first kappa shape index (κ1) is 21.5. The predicted octanol–water partition coefficient (Wildman–Crippen LogP) is 3.81. The average Bonchev–Trinajstić information content (AvgIpc) is 3.50. The van der Waals surface area contributed by atoms with Crippen LogP contribution in [0.5, 0.6) is 0 Å². The fourth-order valence-electron chi connectivity index (χ4n) is 3.85. The standard InChI is InChI=1S/C25H25N9/c1-3-27-11-15(2)9-17(10-26)19-6-7-20-23(30-19)24(34-33-20)25-31-21-14-29-13-18(22(21)32-25)16-5-4-8-28-12-16/h4-10,12-14,27H,3,11,26H2,1-2H3,(H,31,32)(H,33,34)/b15-9+,17-10+. The highest BCUT2D eigenvalue weighted by atomic mass is 15.1. The number of nitrogens with zero attached hydrogens (tertiary/aromatic N) is 5. The first-order valence-electron chi connectivity index (χ1n) is 11.1. The second-order valence-corrected chi connectivity index (χ2v) is 7.97. The number of likely N-dealkylation sites (N-methyl/N-ethyl adjacent to an activating group) is 1. The van der Waals surface area contributed by atoms with Gasteiger partial charge in [0.1, 0.15) is 11.0 Å². The van der Waals surface area contributed by atoms with Crippen LogP contribution in [-0.2, 0) is 0 Å². The summed E-state index contributed by atoms with van der Waals surface area (Å²) in [7, 11) is 0. The third kappa shape index (κ3) is 4.04. The molecule has 0 atom stereocenters. The van der Waals surface area contributed by atoms with E-state index >= 15 is 0 Å². The van der Waals surface area contributed by atoms with Crippen LogP contribution in [0.1, 0.15) is 19.5 Å². The SMILES string of the molecule is CCNC/C(C)=C/C(=C\N)c1ccc2[nH]nc(-c3nc4c(-c5cccnc5)cncc4[nH]3)c2n1. The fourth-order valence-corrected chi connectivity index (χ4v) is 3.85. The molecule has 9 heteroatoms. The van der Waals surface area contributed by atoms with Crippen LogP contribution in [0, 0.1) is 0 Å². The Kier molecular flexibility index (Phi) is 5.84. The zero-order valence-electron chi connectivity index (χ0n) is 19.0. The summed E-state index contributed by atoms with van der Waals surface area (Å²) in [6.45, 7) is 5.84. The quantitative estimate of drug-likeness (QED) is 0.276. The highest BCUT2D eigenvalue weighted by Crippen LogP contribution is 2.30. The van der Waals surface area contributed by atoms with E-state index in [-0.39, 0.29) is 0 Å². The van der Waals surface area contributed by atoms with Crippen LogP contribution in [0.3, 0.4) is 0 Å². The van der Waals surface area contributed by atoms with Gasteiger partial charge in [0.2, 0.25) is 0 Å². The number of aromatic nitrogens is 7. The van der Waals surface area contributed by atoms with Gasteiger partial charge in [-0.05, 0) is 31.7 Å². The summed E-state index contributed by atoms with van der Waals surface area (Å²) in [5.74, 6) is 0.612. The maximum atomic E-state index is 5.95. The van der Waals surface area contributed by atoms with E-state index in [4.69, 9.17) is 15.7 Å². The number of allylic oxidation sites excluding steroid dienone is 2. The molecular weight excluding hydrogens is 426 g/mol. The Morgan fingerprint density at radius 1 is 1.06 bits per heavy atom. The van der Waals surface area contributed by atoms with Crippen LogP contribution in [-0.4, -0.2) is 48.2 Å². The number of aromatic amines is 2. The van der Waals surface area contributed by atoms with Crippen molar-refractivity contribution in [3.05, 3.63) is 72.6 Å². The smallest absolute Gasteiger partial charge is 0.161 e. The number of hydrogen-bond acceptors (Lipinski definition) is 7. The van der Waals surface area contributed by atoms with Crippen molar-refractivity contribution in [1.29, 1.82) is 0 Å². The summed E-state index contributed by atoms with van der Waals surface area (Å²) < 4.78 is 0. The first-order valence-corrected chi connectivity index (χ1v) is 11.1. The molecule has 5 aromatic heterocycles. The third-order valence-corrected chi connectivity index (χ3v) is 5.53. The Bertz CT molecular complexity index is 1510. The molecule has 9 nitrogen and oxygen atoms in total. The maximum Gasteiger partial charge on any atom is 0.161 e. The van der Waals surface area contributed by atoms with Crippen molar-refractivity contribution in [3.63, 3.8) is 0 Å². The summed E-state index contributed by atoms with van der Waals surface area (Å²) in [4.78, 5) is 21.7. The second kappa shape index (κ2) is 9.24. The minimum atomic E-state index is 0.612. The monoisotopic (exact) mass is 451 g/mol. The van der Waals surface area contributed by atoms with Crippen molar-refractivity contribution in [1.82, 2.24) is 40.4 Å². The first-order chi connectivity index (χ1) is 16.7. The Morgan fingerprint density at radius 3 is 2.76 bits per heavy atom. The van der Waals surface area contributed by atoms with E-state index in [1.165, 1.54) is 5.57 Å². The van der Waals surface area contributed by atoms with Gasteiger partial charge in [0.05, 0.1) is 22.9 Å². The fraction of sp³-hybridized carbons (Fsp3) is 0.160. The Hall–Kier alpha value is -4.37. The summed E-state index contributed by atoms with van der Waals surface area (Å²) in [5.41, 5.74) is 14.4. The highest BCUT2D eigenvalue weighted by molar-refractivity contribution is 5.95. The van der Waals surface area contributed by atoms with E-state index < -0.39 is 0 Å². The number of pyridine rings is 3. The van der Waals surface area contributed by atoms with Gasteiger partial charge in [0.15, 0.2) is 11.5 Å². The van der Waals surface area contributed by atoms with Gasteiger partial charge in [-0.2, -0.15) is 5.10 Å². The summed E-state index contributed by atoms with van der Waals surface area (Å²) >= 11 is 0. The highest BCUT2D eigenvalue weighted by Gasteiger charge is 2.17. The molecule has 170 valence electrons. The minimum absolute atomic E-state index is 0.612. The normalized spacial score (nSPS) is 12.6. The van der Waals surface area contributed by atoms with Gasteiger partial charge in [-0.1, -0.05) is 24.6 Å². The van der Waals surface area contributed by atoms with Crippen LogP contribution in [0.4, 0.5) is 0 Å². The number of nitrogens with two attached hydrogens (primary N) is 1. The van der Waals surface area contributed by atoms with Crippen LogP contribution in [0.15, 0.2) is 66.9 Å². The number of fused-ring (bicyclic) bond motifs is 2. The van der Waals surface area contributed by atoms with Gasteiger partial charge in [-0.25, -0.2) is 9.97 Å². The molecule has 0 spiro atoms. The topological polar surface area (TPSA) is 134 Å². The molecule has 0 unspecified atom stereocenters. The van der Waals surface area contributed by atoms with E-state index in [0.717, 1.165) is 52.0 Å². The molecular formula is C25H25N9. The van der Waals surface area contributed by atoms with E-state index in [9.17, 15) is 0 Å². The Morgan fingerprint density at radius 2 is 1.97 bits per heavy atom. The Balaban J connectivity index is 1.57. The number of nitrogens with one attached hydrogen (secondary N) is 3. The van der Waals surface area contributed by atoms with Crippen molar-refractivity contribution >= 4 is 27.6 Å². The van der Waals surface area contributed by atoms with E-state index in [2.05, 4.69) is 44.3 Å². The molecule has 0 amide bonds. The van der Waals surface area contributed by atoms with Crippen molar-refractivity contribution in [2.75, 3.05) is 13.1 Å². The molecule has 0 fully saturated rings. The molecule has 34 heavy (non-hydrogen) atoms. The molecule has 0 aliphatic heterocycles. The summed E-state index contributed by atoms with van der Waals surface area (Å²) in [5, 5.41) is 10.9. The van der Waals surface area contributed by atoms with E-state index in [0.29, 0.717) is 17.0 Å². The lowest BCUT2D eigenvalue weighted by Gasteiger charge is -2.06. The van der Waals surface area contributed by atoms with Gasteiger partial charge in [0, 0.05) is 48.0 Å². The summed E-state index contributed by atoms with van der Waals surface area (Å²) in [6, 6.07) is 7.77. The largest absolute Gasteiger partial charge is 0.404 e. The Labute approximate surface area is 196 Å². The van der Waals surface area contributed by atoms with Crippen LogP contribution in [0.25, 0.3) is 50.3 Å². The molecule has 5 N–H and O–H groups in total. The molecule has 0 saturated heterocycles. The number of rotatable bonds is 7. The van der Waals surface area contributed by atoms with Crippen molar-refractivity contribution < 1.29 is 0 Å². The maximum absolute atomic E-state index is 5.95. The van der Waals surface area contributed by atoms with Crippen molar-refractivity contribution in [2.45, 2.75) is 13.8 Å². The van der Waals surface area contributed by atoms with Crippen molar-refractivity contribution in [2.24, 2.45) is 5.73 Å². The lowest BCUT2D eigenvalue weighted by molar-refractivity contribution is 0.776. The number of H-pyrrole nitrogens is 2. The zero-order valence-corrected chi connectivity index (χ0v) is 19.0. The summed E-state index contributed by atoms with van der Waals surface area (Å²) in [6.07, 6.45) is 10.7. The molecule has 5 rings (SSSR count). The third-order valence-electron chi connectivity index (χ3n) is 5.53. The van der Waals surface area contributed by atoms with Crippen LogP contribution >= 0.6 is 0 Å². The van der Waals surface area contributed by atoms with E-state index in [1.54, 1.807) is 31.0 Å². The predicted molar refractivity (Wildman–Crippen MR) is 134 cm³/mol. The van der Waals surface area contributed by atoms with Crippen LogP contribution < -0.4 is 11.1 Å². The minimum Gasteiger partial charge on any atom is -0.404 e. The second-order valence-electron chi connectivity index (χ2n) is 7.97. The van der Waals surface area contributed by atoms with Gasteiger partial charge in [-0.3, -0.25) is 15.1 Å². The molecule has 0 saturated carbocycles. The molecule has 0 bridgehead atoms. The zero-order chi connectivity index (χ0) is 23.5. The van der Waals surface area contributed by atoms with Gasteiger partial charge in [-0.15, -0.1) is 0 Å². The molecule has 5 aromatic rings. The average molecular weight is 452 g/mol. The molecule has 0 radical (unpaired) electrons. The molecule has 0 aliphatic carbocycles. The van der Waals surface area contributed by atoms with Gasteiger partial charge in [0.25, 0.3) is 0 Å². The van der Waals surface area contributed by atoms with Gasteiger partial charge >= 0.3 is 0 Å². The molecule has 0 aliphatic rings. The lowest BCUT2D eigenvalue weighted by atomic mass is 10.1. The van der Waals surface area contributed by atoms with E-state index in [1.807, 2.05) is 30.3 Å². The van der Waals surface area contributed by atoms with Crippen LogP contribution in [0.2, 0.25) is 0 Å². The van der Waals surface area contributed by atoms with Gasteiger partial charge < -0.3 is 16.0 Å². The van der Waals surface area contributed by atoms with Crippen molar-refractivity contribution in [3.8, 4) is 22.6 Å². The molecule has 5 heterocycles. The number of hydrogen-bond donors (Lipinski definition) is 4. The lowest BCUT2D eigenvalue weighted by Crippen LogP contribution is -2.15. The molecule has 0 aromatic carbocycles.